The van der Waals surface area contributed by atoms with Crippen molar-refractivity contribution in [3.63, 3.8) is 0 Å². The molecule has 0 aliphatic rings. The van der Waals surface area contributed by atoms with Gasteiger partial charge in [0.1, 0.15) is 6.61 Å². The number of nitrogens with zero attached hydrogens (tertiary/aromatic N) is 1. The highest BCUT2D eigenvalue weighted by atomic mass is 32.1. The van der Waals surface area contributed by atoms with Crippen LogP contribution >= 0.6 is 11.3 Å². The standard InChI is InChI=1S/C11H14N2O5S/c1-6(14)12-11-13-9(5-19-11)10(18-8(3)16)4-17-7(2)15/h5,10H,4H2,1-3H3,(H,12,13,14). The molecule has 1 aromatic heterocycles. The summed E-state index contributed by atoms with van der Waals surface area (Å²) in [5.41, 5.74) is 0.421. The lowest BCUT2D eigenvalue weighted by molar-refractivity contribution is -0.157. The van der Waals surface area contributed by atoms with Crippen molar-refractivity contribution in [3.8, 4) is 0 Å². The molecule has 1 aromatic rings. The Hall–Kier alpha value is -1.96. The van der Waals surface area contributed by atoms with Crippen molar-refractivity contribution < 1.29 is 23.9 Å². The zero-order valence-corrected chi connectivity index (χ0v) is 11.6. The molecule has 0 aromatic carbocycles. The van der Waals surface area contributed by atoms with E-state index in [0.717, 1.165) is 0 Å². The number of amides is 1. The largest absolute Gasteiger partial charge is 0.461 e. The summed E-state index contributed by atoms with van der Waals surface area (Å²) in [7, 11) is 0. The van der Waals surface area contributed by atoms with Gasteiger partial charge in [-0.15, -0.1) is 11.3 Å². The van der Waals surface area contributed by atoms with Gasteiger partial charge >= 0.3 is 11.9 Å². The third-order valence-electron chi connectivity index (χ3n) is 1.88. The van der Waals surface area contributed by atoms with Crippen LogP contribution in [0.1, 0.15) is 32.6 Å². The number of carbonyl (C=O) groups is 3. The summed E-state index contributed by atoms with van der Waals surface area (Å²) < 4.78 is 9.83. The lowest BCUT2D eigenvalue weighted by atomic mass is 10.3. The Morgan fingerprint density at radius 2 is 2.00 bits per heavy atom. The van der Waals surface area contributed by atoms with E-state index in [9.17, 15) is 14.4 Å². The van der Waals surface area contributed by atoms with Gasteiger partial charge in [-0.2, -0.15) is 0 Å². The fraction of sp³-hybridized carbons (Fsp3) is 0.455. The van der Waals surface area contributed by atoms with E-state index in [0.29, 0.717) is 10.8 Å². The highest BCUT2D eigenvalue weighted by Gasteiger charge is 2.20. The molecule has 1 N–H and O–H groups in total. The summed E-state index contributed by atoms with van der Waals surface area (Å²) in [5, 5.41) is 4.54. The lowest BCUT2D eigenvalue weighted by Crippen LogP contribution is -2.17. The van der Waals surface area contributed by atoms with Crippen LogP contribution in [0.4, 0.5) is 5.13 Å². The number of hydrogen-bond donors (Lipinski definition) is 1. The molecular formula is C11H14N2O5S. The highest BCUT2D eigenvalue weighted by molar-refractivity contribution is 7.13. The van der Waals surface area contributed by atoms with Gasteiger partial charge in [0.2, 0.25) is 5.91 Å². The normalized spacial score (nSPS) is 11.5. The van der Waals surface area contributed by atoms with Crippen molar-refractivity contribution in [2.24, 2.45) is 0 Å². The highest BCUT2D eigenvalue weighted by Crippen LogP contribution is 2.23. The predicted octanol–water partition coefficient (Wildman–Crippen LogP) is 1.27. The summed E-state index contributed by atoms with van der Waals surface area (Å²) in [5.74, 6) is -1.23. The van der Waals surface area contributed by atoms with E-state index in [1.807, 2.05) is 0 Å². The van der Waals surface area contributed by atoms with Crippen molar-refractivity contribution >= 4 is 34.3 Å². The van der Waals surface area contributed by atoms with Crippen LogP contribution in [0.2, 0.25) is 0 Å². The second kappa shape index (κ2) is 6.83. The van der Waals surface area contributed by atoms with Gasteiger partial charge < -0.3 is 14.8 Å². The summed E-state index contributed by atoms with van der Waals surface area (Å²) in [4.78, 5) is 36.8. The Labute approximate surface area is 113 Å². The van der Waals surface area contributed by atoms with E-state index in [2.05, 4.69) is 10.3 Å². The Bertz CT molecular complexity index is 485. The number of esters is 2. The molecule has 0 aliphatic carbocycles. The maximum absolute atomic E-state index is 11.0. The minimum atomic E-state index is -0.778. The molecule has 1 heterocycles. The van der Waals surface area contributed by atoms with Crippen LogP contribution in [0.3, 0.4) is 0 Å². The number of carbonyl (C=O) groups excluding carboxylic acids is 3. The first-order chi connectivity index (χ1) is 8.88. The van der Waals surface area contributed by atoms with Crippen LogP contribution in [0.5, 0.6) is 0 Å². The van der Waals surface area contributed by atoms with Gasteiger partial charge in [-0.25, -0.2) is 4.98 Å². The first-order valence-electron chi connectivity index (χ1n) is 5.42. The number of aromatic nitrogens is 1. The van der Waals surface area contributed by atoms with E-state index < -0.39 is 18.0 Å². The SMILES string of the molecule is CC(=O)Nc1nc(C(COC(C)=O)OC(C)=O)cs1. The Balaban J connectivity index is 2.77. The molecule has 1 amide bonds. The first kappa shape index (κ1) is 15.1. The Morgan fingerprint density at radius 1 is 1.32 bits per heavy atom. The van der Waals surface area contributed by atoms with Gasteiger partial charge in [0, 0.05) is 26.2 Å². The van der Waals surface area contributed by atoms with E-state index in [1.54, 1.807) is 5.38 Å². The fourth-order valence-corrected chi connectivity index (χ4v) is 2.01. The average Bonchev–Trinajstić information content (AvgIpc) is 2.70. The van der Waals surface area contributed by atoms with Gasteiger partial charge in [-0.3, -0.25) is 14.4 Å². The molecule has 0 bridgehead atoms. The van der Waals surface area contributed by atoms with E-state index in [4.69, 9.17) is 9.47 Å². The van der Waals surface area contributed by atoms with Crippen molar-refractivity contribution in [2.45, 2.75) is 26.9 Å². The average molecular weight is 286 g/mol. The summed E-state index contributed by atoms with van der Waals surface area (Å²) in [6.45, 7) is 3.76. The quantitative estimate of drug-likeness (QED) is 0.819. The number of thiazole rings is 1. The number of rotatable bonds is 5. The Kier molecular flexibility index (Phi) is 5.43. The van der Waals surface area contributed by atoms with Crippen LogP contribution in [-0.4, -0.2) is 29.4 Å². The first-order valence-corrected chi connectivity index (χ1v) is 6.30. The van der Waals surface area contributed by atoms with Gasteiger partial charge in [0.25, 0.3) is 0 Å². The molecule has 0 saturated heterocycles. The van der Waals surface area contributed by atoms with Gasteiger partial charge in [0.15, 0.2) is 11.2 Å². The minimum Gasteiger partial charge on any atom is -0.461 e. The van der Waals surface area contributed by atoms with Crippen molar-refractivity contribution in [3.05, 3.63) is 11.1 Å². The van der Waals surface area contributed by atoms with E-state index in [-0.39, 0.29) is 12.5 Å². The summed E-state index contributed by atoms with van der Waals surface area (Å²) >= 11 is 1.19. The van der Waals surface area contributed by atoms with E-state index in [1.165, 1.54) is 32.1 Å². The second-order valence-electron chi connectivity index (χ2n) is 3.66. The summed E-state index contributed by atoms with van der Waals surface area (Å²) in [6.07, 6.45) is -0.778. The van der Waals surface area contributed by atoms with Gasteiger partial charge in [-0.1, -0.05) is 0 Å². The molecule has 1 unspecified atom stereocenters. The molecule has 0 radical (unpaired) electrons. The second-order valence-corrected chi connectivity index (χ2v) is 4.52. The number of hydrogen-bond acceptors (Lipinski definition) is 7. The van der Waals surface area contributed by atoms with Crippen LogP contribution < -0.4 is 5.32 Å². The summed E-state index contributed by atoms with van der Waals surface area (Å²) in [6, 6.07) is 0. The molecule has 8 heteroatoms. The smallest absolute Gasteiger partial charge is 0.303 e. The van der Waals surface area contributed by atoms with E-state index >= 15 is 0 Å². The molecule has 19 heavy (non-hydrogen) atoms. The fourth-order valence-electron chi connectivity index (χ4n) is 1.22. The lowest BCUT2D eigenvalue weighted by Gasteiger charge is -2.14. The van der Waals surface area contributed by atoms with Crippen molar-refractivity contribution in [2.75, 3.05) is 11.9 Å². The number of anilines is 1. The molecule has 104 valence electrons. The molecule has 1 atom stereocenters. The monoisotopic (exact) mass is 286 g/mol. The van der Waals surface area contributed by atoms with Crippen LogP contribution in [0.15, 0.2) is 5.38 Å². The maximum atomic E-state index is 11.0. The minimum absolute atomic E-state index is 0.113. The third kappa shape index (κ3) is 5.47. The van der Waals surface area contributed by atoms with Crippen LogP contribution in [0.25, 0.3) is 0 Å². The molecule has 0 aliphatic heterocycles. The molecule has 1 rings (SSSR count). The van der Waals surface area contributed by atoms with Crippen LogP contribution in [0, 0.1) is 0 Å². The molecule has 0 saturated carbocycles. The van der Waals surface area contributed by atoms with Crippen molar-refractivity contribution in [1.29, 1.82) is 0 Å². The predicted molar refractivity (Wildman–Crippen MR) is 67.6 cm³/mol. The molecule has 0 fully saturated rings. The topological polar surface area (TPSA) is 94.6 Å². The zero-order chi connectivity index (χ0) is 14.4. The third-order valence-corrected chi connectivity index (χ3v) is 2.66. The van der Waals surface area contributed by atoms with Gasteiger partial charge in [-0.05, 0) is 0 Å². The molecular weight excluding hydrogens is 272 g/mol. The van der Waals surface area contributed by atoms with Crippen molar-refractivity contribution in [1.82, 2.24) is 4.98 Å². The van der Waals surface area contributed by atoms with Crippen LogP contribution in [-0.2, 0) is 23.9 Å². The molecule has 0 spiro atoms. The zero-order valence-electron chi connectivity index (χ0n) is 10.8. The number of ether oxygens (including phenoxy) is 2. The maximum Gasteiger partial charge on any atom is 0.303 e. The Morgan fingerprint density at radius 3 is 2.53 bits per heavy atom. The number of nitrogens with one attached hydrogen (secondary N) is 1. The molecule has 7 nitrogen and oxygen atoms in total. The van der Waals surface area contributed by atoms with Gasteiger partial charge in [0.05, 0.1) is 5.69 Å².